The molecule has 5 heteroatoms. The van der Waals surface area contributed by atoms with Crippen molar-refractivity contribution in [1.29, 1.82) is 0 Å². The molecule has 18 heavy (non-hydrogen) atoms. The van der Waals surface area contributed by atoms with Crippen molar-refractivity contribution in [2.75, 3.05) is 7.11 Å². The number of nitrogens with zero attached hydrogens (tertiary/aromatic N) is 2. The number of aromatic amines is 1. The molecule has 0 radical (unpaired) electrons. The van der Waals surface area contributed by atoms with E-state index < -0.39 is 0 Å². The Bertz CT molecular complexity index is 556. The van der Waals surface area contributed by atoms with E-state index in [0.29, 0.717) is 4.77 Å². The molecule has 96 valence electrons. The minimum absolute atomic E-state index is 0.695. The van der Waals surface area contributed by atoms with Crippen molar-refractivity contribution >= 4 is 12.2 Å². The molecule has 0 bridgehead atoms. The van der Waals surface area contributed by atoms with Crippen LogP contribution in [0.25, 0.3) is 0 Å². The molecule has 1 heterocycles. The molecule has 0 spiro atoms. The third kappa shape index (κ3) is 2.79. The van der Waals surface area contributed by atoms with E-state index >= 15 is 0 Å². The van der Waals surface area contributed by atoms with E-state index in [0.717, 1.165) is 31.0 Å². The Hall–Kier alpha value is -1.62. The molecular formula is C13H17N3OS. The number of aromatic nitrogens is 3. The predicted molar refractivity (Wildman–Crippen MR) is 73.5 cm³/mol. The van der Waals surface area contributed by atoms with Gasteiger partial charge in [-0.05, 0) is 36.3 Å². The zero-order chi connectivity index (χ0) is 13.0. The van der Waals surface area contributed by atoms with Crippen LogP contribution in [0.2, 0.25) is 0 Å². The van der Waals surface area contributed by atoms with Gasteiger partial charge in [0.25, 0.3) is 0 Å². The number of H-pyrrole nitrogens is 1. The van der Waals surface area contributed by atoms with E-state index in [2.05, 4.69) is 21.7 Å². The molecular weight excluding hydrogens is 246 g/mol. The van der Waals surface area contributed by atoms with E-state index in [9.17, 15) is 0 Å². The minimum atomic E-state index is 0.695. The van der Waals surface area contributed by atoms with Crippen LogP contribution in [0, 0.1) is 4.77 Å². The number of rotatable bonds is 5. The molecule has 0 aliphatic carbocycles. The van der Waals surface area contributed by atoms with Gasteiger partial charge in [0, 0.05) is 13.0 Å². The van der Waals surface area contributed by atoms with Crippen LogP contribution in [-0.2, 0) is 13.0 Å². The molecule has 1 aromatic heterocycles. The Morgan fingerprint density at radius 2 is 2.06 bits per heavy atom. The summed E-state index contributed by atoms with van der Waals surface area (Å²) < 4.78 is 7.89. The van der Waals surface area contributed by atoms with E-state index in [4.69, 9.17) is 17.0 Å². The number of methoxy groups -OCH3 is 1. The molecule has 0 aliphatic rings. The number of hydrogen-bond acceptors (Lipinski definition) is 3. The SMILES string of the molecule is CCCn1c(Cc2ccc(OC)cc2)n[nH]c1=S. The lowest BCUT2D eigenvalue weighted by atomic mass is 10.1. The normalized spacial score (nSPS) is 10.6. The first-order chi connectivity index (χ1) is 8.74. The summed E-state index contributed by atoms with van der Waals surface area (Å²) in [6.45, 7) is 3.03. The first-order valence-corrected chi connectivity index (χ1v) is 6.42. The van der Waals surface area contributed by atoms with Crippen molar-refractivity contribution in [2.24, 2.45) is 0 Å². The maximum Gasteiger partial charge on any atom is 0.195 e. The molecule has 2 rings (SSSR count). The quantitative estimate of drug-likeness (QED) is 0.843. The van der Waals surface area contributed by atoms with Gasteiger partial charge in [0.1, 0.15) is 11.6 Å². The second-order valence-corrected chi connectivity index (χ2v) is 4.51. The van der Waals surface area contributed by atoms with Crippen molar-refractivity contribution < 1.29 is 4.74 Å². The summed E-state index contributed by atoms with van der Waals surface area (Å²) in [5, 5.41) is 7.14. The fourth-order valence-corrected chi connectivity index (χ4v) is 2.11. The standard InChI is InChI=1S/C13H17N3OS/c1-3-8-16-12(14-15-13(16)18)9-10-4-6-11(17-2)7-5-10/h4-7H,3,8-9H2,1-2H3,(H,15,18). The highest BCUT2D eigenvalue weighted by atomic mass is 32.1. The maximum atomic E-state index is 5.22. The van der Waals surface area contributed by atoms with E-state index in [1.54, 1.807) is 7.11 Å². The highest BCUT2D eigenvalue weighted by Gasteiger charge is 2.06. The molecule has 0 fully saturated rings. The van der Waals surface area contributed by atoms with Gasteiger partial charge < -0.3 is 9.30 Å². The summed E-state index contributed by atoms with van der Waals surface area (Å²) in [5.41, 5.74) is 1.20. The van der Waals surface area contributed by atoms with E-state index in [-0.39, 0.29) is 0 Å². The lowest BCUT2D eigenvalue weighted by Gasteiger charge is -2.06. The summed E-state index contributed by atoms with van der Waals surface area (Å²) >= 11 is 5.22. The van der Waals surface area contributed by atoms with Crippen molar-refractivity contribution in [3.8, 4) is 5.75 Å². The van der Waals surface area contributed by atoms with Crippen LogP contribution in [-0.4, -0.2) is 21.9 Å². The Kier molecular flexibility index (Phi) is 4.15. The summed E-state index contributed by atoms with van der Waals surface area (Å²) in [7, 11) is 1.67. The summed E-state index contributed by atoms with van der Waals surface area (Å²) in [4.78, 5) is 0. The van der Waals surface area contributed by atoms with E-state index in [1.807, 2.05) is 24.3 Å². The largest absolute Gasteiger partial charge is 0.497 e. The molecule has 0 saturated carbocycles. The molecule has 0 unspecified atom stereocenters. The number of nitrogens with one attached hydrogen (secondary N) is 1. The number of ether oxygens (including phenoxy) is 1. The van der Waals surface area contributed by atoms with Gasteiger partial charge in [-0.2, -0.15) is 5.10 Å². The fraction of sp³-hybridized carbons (Fsp3) is 0.385. The van der Waals surface area contributed by atoms with Gasteiger partial charge in [0.05, 0.1) is 7.11 Å². The zero-order valence-corrected chi connectivity index (χ0v) is 11.5. The maximum absolute atomic E-state index is 5.22. The highest BCUT2D eigenvalue weighted by molar-refractivity contribution is 7.71. The van der Waals surface area contributed by atoms with Crippen LogP contribution in [0.3, 0.4) is 0 Å². The molecule has 0 atom stereocenters. The smallest absolute Gasteiger partial charge is 0.195 e. The van der Waals surface area contributed by atoms with Crippen LogP contribution in [0.4, 0.5) is 0 Å². The molecule has 1 aromatic carbocycles. The molecule has 0 amide bonds. The summed E-state index contributed by atoms with van der Waals surface area (Å²) in [5.74, 6) is 1.85. The third-order valence-electron chi connectivity index (χ3n) is 2.81. The Balaban J connectivity index is 2.20. The molecule has 4 nitrogen and oxygen atoms in total. The minimum Gasteiger partial charge on any atom is -0.497 e. The Morgan fingerprint density at radius 3 is 2.67 bits per heavy atom. The van der Waals surface area contributed by atoms with Gasteiger partial charge in [-0.15, -0.1) is 0 Å². The topological polar surface area (TPSA) is 42.8 Å². The van der Waals surface area contributed by atoms with Crippen LogP contribution < -0.4 is 4.74 Å². The third-order valence-corrected chi connectivity index (χ3v) is 3.12. The fourth-order valence-electron chi connectivity index (χ4n) is 1.87. The van der Waals surface area contributed by atoms with Crippen LogP contribution in [0.5, 0.6) is 5.75 Å². The first-order valence-electron chi connectivity index (χ1n) is 6.01. The highest BCUT2D eigenvalue weighted by Crippen LogP contribution is 2.14. The van der Waals surface area contributed by atoms with Crippen LogP contribution >= 0.6 is 12.2 Å². The Morgan fingerprint density at radius 1 is 1.33 bits per heavy atom. The first kappa shape index (κ1) is 12.8. The van der Waals surface area contributed by atoms with Gasteiger partial charge in [0.2, 0.25) is 0 Å². The average Bonchev–Trinajstić information content (AvgIpc) is 2.73. The average molecular weight is 263 g/mol. The Labute approximate surface area is 112 Å². The zero-order valence-electron chi connectivity index (χ0n) is 10.6. The van der Waals surface area contributed by atoms with Crippen LogP contribution in [0.1, 0.15) is 24.7 Å². The van der Waals surface area contributed by atoms with Gasteiger partial charge in [-0.1, -0.05) is 19.1 Å². The van der Waals surface area contributed by atoms with Gasteiger partial charge >= 0.3 is 0 Å². The lowest BCUT2D eigenvalue weighted by molar-refractivity contribution is 0.414. The lowest BCUT2D eigenvalue weighted by Crippen LogP contribution is -2.04. The second kappa shape index (κ2) is 5.82. The summed E-state index contributed by atoms with van der Waals surface area (Å²) in [6, 6.07) is 8.02. The number of benzene rings is 1. The molecule has 2 aromatic rings. The molecule has 0 aliphatic heterocycles. The molecule has 0 saturated heterocycles. The second-order valence-electron chi connectivity index (χ2n) is 4.12. The van der Waals surface area contributed by atoms with Crippen molar-refractivity contribution in [3.05, 3.63) is 40.4 Å². The monoisotopic (exact) mass is 263 g/mol. The van der Waals surface area contributed by atoms with Crippen LogP contribution in [0.15, 0.2) is 24.3 Å². The van der Waals surface area contributed by atoms with E-state index in [1.165, 1.54) is 5.56 Å². The predicted octanol–water partition coefficient (Wildman–Crippen LogP) is 2.95. The van der Waals surface area contributed by atoms with Gasteiger partial charge in [0.15, 0.2) is 4.77 Å². The molecule has 1 N–H and O–H groups in total. The summed E-state index contributed by atoms with van der Waals surface area (Å²) in [6.07, 6.45) is 1.82. The van der Waals surface area contributed by atoms with Crippen molar-refractivity contribution in [2.45, 2.75) is 26.3 Å². The van der Waals surface area contributed by atoms with Gasteiger partial charge in [-0.3, -0.25) is 5.10 Å². The number of hydrogen-bond donors (Lipinski definition) is 1. The van der Waals surface area contributed by atoms with Crippen molar-refractivity contribution in [1.82, 2.24) is 14.8 Å². The van der Waals surface area contributed by atoms with Crippen molar-refractivity contribution in [3.63, 3.8) is 0 Å². The van der Waals surface area contributed by atoms with Gasteiger partial charge in [-0.25, -0.2) is 0 Å².